The highest BCUT2D eigenvalue weighted by atomic mass is 32.2. The third-order valence-electron chi connectivity index (χ3n) is 5.70. The first-order valence-electron chi connectivity index (χ1n) is 10.2. The Labute approximate surface area is 177 Å². The van der Waals surface area contributed by atoms with E-state index in [2.05, 4.69) is 10.3 Å². The van der Waals surface area contributed by atoms with Gasteiger partial charge in [0.25, 0.3) is 0 Å². The van der Waals surface area contributed by atoms with Crippen molar-refractivity contribution in [2.45, 2.75) is 30.7 Å². The summed E-state index contributed by atoms with van der Waals surface area (Å²) >= 11 is 0. The lowest BCUT2D eigenvalue weighted by Gasteiger charge is -2.31. The van der Waals surface area contributed by atoms with Crippen LogP contribution in [-0.2, 0) is 14.8 Å². The van der Waals surface area contributed by atoms with E-state index in [1.807, 2.05) is 49.4 Å². The highest BCUT2D eigenvalue weighted by molar-refractivity contribution is 7.89. The molecule has 1 saturated heterocycles. The molecule has 1 atom stereocenters. The maximum absolute atomic E-state index is 13.2. The fourth-order valence-electron chi connectivity index (χ4n) is 3.94. The van der Waals surface area contributed by atoms with Crippen molar-refractivity contribution < 1.29 is 13.2 Å². The molecule has 7 heteroatoms. The predicted molar refractivity (Wildman–Crippen MR) is 116 cm³/mol. The maximum atomic E-state index is 13.2. The number of sulfonamides is 1. The highest BCUT2D eigenvalue weighted by Crippen LogP contribution is 2.28. The molecule has 0 aliphatic carbocycles. The lowest BCUT2D eigenvalue weighted by Crippen LogP contribution is -2.43. The van der Waals surface area contributed by atoms with Crippen LogP contribution in [0, 0.1) is 5.92 Å². The standard InChI is InChI=1S/C23H25N3O3S/c1-17(18-7-3-2-4-8-18)25-23(27)20-12-15-26(16-13-20)30(28,29)21-11-5-9-19-10-6-14-24-22(19)21/h2-11,14,17,20H,12-13,15-16H2,1H3,(H,25,27)/t17-/m0/s1. The molecule has 1 aliphatic heterocycles. The molecule has 0 radical (unpaired) electrons. The van der Waals surface area contributed by atoms with Gasteiger partial charge in [0.05, 0.1) is 11.6 Å². The van der Waals surface area contributed by atoms with Crippen LogP contribution in [0.2, 0.25) is 0 Å². The van der Waals surface area contributed by atoms with Gasteiger partial charge in [-0.15, -0.1) is 0 Å². The molecule has 2 heterocycles. The molecule has 0 spiro atoms. The van der Waals surface area contributed by atoms with Crippen molar-refractivity contribution in [1.82, 2.24) is 14.6 Å². The minimum atomic E-state index is -3.66. The summed E-state index contributed by atoms with van der Waals surface area (Å²) in [6, 6.07) is 18.6. The molecule has 1 fully saturated rings. The molecule has 6 nitrogen and oxygen atoms in total. The second-order valence-corrected chi connectivity index (χ2v) is 9.56. The zero-order chi connectivity index (χ0) is 21.1. The van der Waals surface area contributed by atoms with E-state index >= 15 is 0 Å². The monoisotopic (exact) mass is 423 g/mol. The lowest BCUT2D eigenvalue weighted by atomic mass is 9.96. The van der Waals surface area contributed by atoms with Crippen LogP contribution in [0.4, 0.5) is 0 Å². The minimum absolute atomic E-state index is 0.0183. The van der Waals surface area contributed by atoms with Crippen molar-refractivity contribution >= 4 is 26.8 Å². The van der Waals surface area contributed by atoms with Crippen LogP contribution in [-0.4, -0.2) is 36.7 Å². The normalized spacial score (nSPS) is 17.0. The maximum Gasteiger partial charge on any atom is 0.245 e. The average Bonchev–Trinajstić information content (AvgIpc) is 2.79. The molecule has 0 saturated carbocycles. The quantitative estimate of drug-likeness (QED) is 0.681. The van der Waals surface area contributed by atoms with Gasteiger partial charge >= 0.3 is 0 Å². The van der Waals surface area contributed by atoms with Gasteiger partial charge in [0.1, 0.15) is 4.90 Å². The van der Waals surface area contributed by atoms with Gasteiger partial charge in [0.15, 0.2) is 0 Å². The van der Waals surface area contributed by atoms with E-state index in [1.54, 1.807) is 24.4 Å². The molecule has 1 N–H and O–H groups in total. The van der Waals surface area contributed by atoms with Gasteiger partial charge in [-0.2, -0.15) is 4.31 Å². The number of hydrogen-bond donors (Lipinski definition) is 1. The van der Waals surface area contributed by atoms with E-state index in [0.29, 0.717) is 31.4 Å². The van der Waals surface area contributed by atoms with Crippen LogP contribution in [0.15, 0.2) is 71.8 Å². The van der Waals surface area contributed by atoms with E-state index < -0.39 is 10.0 Å². The van der Waals surface area contributed by atoms with E-state index in [9.17, 15) is 13.2 Å². The van der Waals surface area contributed by atoms with Gasteiger partial charge in [-0.05, 0) is 37.5 Å². The van der Waals surface area contributed by atoms with Crippen LogP contribution in [0.3, 0.4) is 0 Å². The van der Waals surface area contributed by atoms with Gasteiger partial charge in [-0.25, -0.2) is 8.42 Å². The molecule has 3 aromatic rings. The molecule has 0 bridgehead atoms. The zero-order valence-corrected chi connectivity index (χ0v) is 17.7. The van der Waals surface area contributed by atoms with Gasteiger partial charge in [0, 0.05) is 30.6 Å². The number of nitrogens with zero attached hydrogens (tertiary/aromatic N) is 2. The summed E-state index contributed by atoms with van der Waals surface area (Å²) in [4.78, 5) is 17.2. The molecule has 1 amide bonds. The van der Waals surface area contributed by atoms with E-state index in [4.69, 9.17) is 0 Å². The number of carbonyl (C=O) groups is 1. The molecule has 2 aromatic carbocycles. The number of amides is 1. The first-order valence-corrected chi connectivity index (χ1v) is 11.6. The Kier molecular flexibility index (Phi) is 5.83. The first-order chi connectivity index (χ1) is 14.5. The number of fused-ring (bicyclic) bond motifs is 1. The molecular formula is C23H25N3O3S. The third kappa shape index (κ3) is 4.08. The molecule has 0 unspecified atom stereocenters. The van der Waals surface area contributed by atoms with E-state index in [1.165, 1.54) is 4.31 Å². The second kappa shape index (κ2) is 8.53. The Balaban J connectivity index is 1.43. The van der Waals surface area contributed by atoms with Gasteiger partial charge in [0.2, 0.25) is 15.9 Å². The fraction of sp³-hybridized carbons (Fsp3) is 0.304. The Hall–Kier alpha value is -2.77. The minimum Gasteiger partial charge on any atom is -0.349 e. The highest BCUT2D eigenvalue weighted by Gasteiger charge is 2.33. The molecule has 1 aromatic heterocycles. The number of carbonyl (C=O) groups excluding carboxylic acids is 1. The number of hydrogen-bond acceptors (Lipinski definition) is 4. The predicted octanol–water partition coefficient (Wildman–Crippen LogP) is 3.51. The number of piperidine rings is 1. The summed E-state index contributed by atoms with van der Waals surface area (Å²) in [5.74, 6) is -0.205. The fourth-order valence-corrected chi connectivity index (χ4v) is 5.57. The number of aromatic nitrogens is 1. The number of benzene rings is 2. The van der Waals surface area contributed by atoms with E-state index in [-0.39, 0.29) is 22.8 Å². The summed E-state index contributed by atoms with van der Waals surface area (Å²) < 4.78 is 27.9. The van der Waals surface area contributed by atoms with Crippen molar-refractivity contribution in [3.8, 4) is 0 Å². The number of rotatable bonds is 5. The topological polar surface area (TPSA) is 79.4 Å². The van der Waals surface area contributed by atoms with Crippen molar-refractivity contribution in [2.75, 3.05) is 13.1 Å². The number of pyridine rings is 1. The largest absolute Gasteiger partial charge is 0.349 e. The Morgan fingerprint density at radius 3 is 2.47 bits per heavy atom. The van der Waals surface area contributed by atoms with Crippen LogP contribution in [0.1, 0.15) is 31.4 Å². The summed E-state index contributed by atoms with van der Waals surface area (Å²) in [7, 11) is -3.66. The number of nitrogens with one attached hydrogen (secondary N) is 1. The van der Waals surface area contributed by atoms with Crippen molar-refractivity contribution in [3.63, 3.8) is 0 Å². The van der Waals surface area contributed by atoms with Crippen LogP contribution in [0.5, 0.6) is 0 Å². The number of para-hydroxylation sites is 1. The lowest BCUT2D eigenvalue weighted by molar-refractivity contribution is -0.126. The van der Waals surface area contributed by atoms with Crippen LogP contribution < -0.4 is 5.32 Å². The average molecular weight is 424 g/mol. The van der Waals surface area contributed by atoms with Crippen molar-refractivity contribution in [2.24, 2.45) is 5.92 Å². The molecule has 4 rings (SSSR count). The molecule has 156 valence electrons. The zero-order valence-electron chi connectivity index (χ0n) is 16.9. The Morgan fingerprint density at radius 1 is 1.03 bits per heavy atom. The van der Waals surface area contributed by atoms with Gasteiger partial charge < -0.3 is 5.32 Å². The van der Waals surface area contributed by atoms with Crippen molar-refractivity contribution in [3.05, 3.63) is 72.4 Å². The Morgan fingerprint density at radius 2 is 1.73 bits per heavy atom. The SMILES string of the molecule is C[C@H](NC(=O)C1CCN(S(=O)(=O)c2cccc3cccnc23)CC1)c1ccccc1. The second-order valence-electron chi connectivity index (χ2n) is 7.65. The first kappa shape index (κ1) is 20.5. The smallest absolute Gasteiger partial charge is 0.245 e. The molecule has 30 heavy (non-hydrogen) atoms. The third-order valence-corrected chi connectivity index (χ3v) is 7.63. The van der Waals surface area contributed by atoms with Crippen LogP contribution in [0.25, 0.3) is 10.9 Å². The summed E-state index contributed by atoms with van der Waals surface area (Å²) in [5.41, 5.74) is 1.53. The molecule has 1 aliphatic rings. The summed E-state index contributed by atoms with van der Waals surface area (Å²) in [6.07, 6.45) is 2.61. The van der Waals surface area contributed by atoms with Gasteiger partial charge in [-0.1, -0.05) is 48.5 Å². The summed E-state index contributed by atoms with van der Waals surface area (Å²) in [6.45, 7) is 2.60. The van der Waals surface area contributed by atoms with Crippen molar-refractivity contribution in [1.29, 1.82) is 0 Å². The molecular weight excluding hydrogens is 398 g/mol. The Bertz CT molecular complexity index is 1140. The van der Waals surface area contributed by atoms with Gasteiger partial charge in [-0.3, -0.25) is 9.78 Å². The summed E-state index contributed by atoms with van der Waals surface area (Å²) in [5, 5.41) is 3.85. The van der Waals surface area contributed by atoms with Crippen LogP contribution >= 0.6 is 0 Å². The van der Waals surface area contributed by atoms with E-state index in [0.717, 1.165) is 10.9 Å².